The summed E-state index contributed by atoms with van der Waals surface area (Å²) in [6.45, 7) is 0.544. The van der Waals surface area contributed by atoms with Crippen LogP contribution in [0.3, 0.4) is 0 Å². The molecule has 6 rings (SSSR count). The molecule has 0 unspecified atom stereocenters. The van der Waals surface area contributed by atoms with Crippen molar-refractivity contribution in [1.29, 1.82) is 0 Å². The van der Waals surface area contributed by atoms with E-state index in [1.807, 2.05) is 36.4 Å². The van der Waals surface area contributed by atoms with Gasteiger partial charge in [-0.05, 0) is 36.2 Å². The number of aromatic nitrogens is 4. The lowest BCUT2D eigenvalue weighted by Gasteiger charge is -2.22. The number of carbonyl (C=O) groups is 2. The molecule has 2 heterocycles. The highest BCUT2D eigenvalue weighted by atomic mass is 19.1. The van der Waals surface area contributed by atoms with Crippen molar-refractivity contribution in [2.24, 2.45) is 5.92 Å². The van der Waals surface area contributed by atoms with E-state index in [2.05, 4.69) is 20.3 Å². The highest BCUT2D eigenvalue weighted by Crippen LogP contribution is 2.41. The van der Waals surface area contributed by atoms with Gasteiger partial charge in [-0.2, -0.15) is 0 Å². The van der Waals surface area contributed by atoms with Crippen LogP contribution in [-0.2, 0) is 16.1 Å². The third-order valence-corrected chi connectivity index (χ3v) is 7.37. The second-order valence-corrected chi connectivity index (χ2v) is 10.1. The van der Waals surface area contributed by atoms with Gasteiger partial charge in [0, 0.05) is 11.5 Å². The smallest absolute Gasteiger partial charge is 0.338 e. The molecular weight excluding hydrogens is 537 g/mol. The summed E-state index contributed by atoms with van der Waals surface area (Å²) < 4.78 is 29.6. The Morgan fingerprint density at radius 1 is 0.881 bits per heavy atom. The molecule has 0 spiro atoms. The Kier molecular flexibility index (Phi) is 7.96. The number of alkyl halides is 1. The summed E-state index contributed by atoms with van der Waals surface area (Å²) in [7, 11) is 0. The van der Waals surface area contributed by atoms with E-state index in [1.54, 1.807) is 59.2 Å². The Labute approximate surface area is 241 Å². The lowest BCUT2D eigenvalue weighted by Crippen LogP contribution is -2.33. The van der Waals surface area contributed by atoms with Crippen LogP contribution in [0.2, 0.25) is 0 Å². The number of rotatable bonds is 9. The number of ether oxygens (including phenoxy) is 2. The number of fused-ring (bicyclic) bond motifs is 1. The van der Waals surface area contributed by atoms with E-state index < -0.39 is 30.2 Å². The van der Waals surface area contributed by atoms with Gasteiger partial charge in [-0.1, -0.05) is 66.7 Å². The molecule has 1 saturated carbocycles. The zero-order valence-electron chi connectivity index (χ0n) is 22.5. The van der Waals surface area contributed by atoms with Crippen molar-refractivity contribution in [3.05, 3.63) is 120 Å². The minimum absolute atomic E-state index is 0.193. The number of esters is 1. The molecule has 5 aromatic rings. The lowest BCUT2D eigenvalue weighted by atomic mass is 10.1. The molecule has 212 valence electrons. The normalized spacial score (nSPS) is 19.9. The van der Waals surface area contributed by atoms with E-state index in [0.29, 0.717) is 35.3 Å². The van der Waals surface area contributed by atoms with E-state index in [-0.39, 0.29) is 18.3 Å². The number of halogens is 1. The van der Waals surface area contributed by atoms with Crippen molar-refractivity contribution in [2.45, 2.75) is 31.3 Å². The van der Waals surface area contributed by atoms with Crippen molar-refractivity contribution >= 4 is 28.9 Å². The van der Waals surface area contributed by atoms with Crippen LogP contribution < -0.4 is 5.32 Å². The molecule has 9 nitrogen and oxygen atoms in total. The molecule has 0 bridgehead atoms. The number of imidazole rings is 1. The highest BCUT2D eigenvalue weighted by Gasteiger charge is 2.48. The molecule has 1 N–H and O–H groups in total. The fourth-order valence-electron chi connectivity index (χ4n) is 5.27. The van der Waals surface area contributed by atoms with Crippen LogP contribution in [0.1, 0.15) is 38.7 Å². The van der Waals surface area contributed by atoms with Gasteiger partial charge >= 0.3 is 5.97 Å². The van der Waals surface area contributed by atoms with Gasteiger partial charge in [0.2, 0.25) is 0 Å². The first kappa shape index (κ1) is 27.2. The Bertz CT molecular complexity index is 1670. The minimum Gasteiger partial charge on any atom is -0.455 e. The number of nitrogens with one attached hydrogen (secondary N) is 1. The molecule has 2 aromatic heterocycles. The fraction of sp³-hybridized carbons (Fsp3) is 0.219. The largest absolute Gasteiger partial charge is 0.455 e. The Morgan fingerprint density at radius 3 is 2.26 bits per heavy atom. The number of hydrogen-bond acceptors (Lipinski definition) is 7. The molecule has 1 fully saturated rings. The number of benzene rings is 3. The van der Waals surface area contributed by atoms with Crippen LogP contribution in [0.5, 0.6) is 0 Å². The van der Waals surface area contributed by atoms with Gasteiger partial charge in [0.05, 0.1) is 31.1 Å². The third-order valence-electron chi connectivity index (χ3n) is 7.37. The summed E-state index contributed by atoms with van der Waals surface area (Å²) in [5.41, 5.74) is 2.49. The zero-order valence-corrected chi connectivity index (χ0v) is 22.5. The maximum atomic E-state index is 16.3. The standard InChI is InChI=1S/C32H28FN5O4/c33-26-25(38-20-36-27-29(34-19-35-30(27)38)37-31(39)22-12-6-2-7-13-22)16-24(18-41-17-21-10-4-1-5-11-21)28(26)42-32(40)23-14-8-3-9-15-23/h1-15,19-20,24-26,28H,16-18H2,(H,34,35,37,39)/t24-,25-,26-,28-/m1/s1. The molecule has 1 aliphatic rings. The number of nitrogens with zero attached hydrogens (tertiary/aromatic N) is 4. The van der Waals surface area contributed by atoms with Gasteiger partial charge in [-0.15, -0.1) is 0 Å². The van der Waals surface area contributed by atoms with Crippen molar-refractivity contribution in [2.75, 3.05) is 11.9 Å². The first-order chi connectivity index (χ1) is 20.6. The van der Waals surface area contributed by atoms with Gasteiger partial charge in [-0.3, -0.25) is 4.79 Å². The SMILES string of the molecule is O=C(Nc1ncnc2c1ncn2[C@@H]1C[C@H](COCc2ccccc2)[C@@H](OC(=O)c2ccccc2)[C@@H]1F)c1ccccc1. The monoisotopic (exact) mass is 565 g/mol. The number of amides is 1. The summed E-state index contributed by atoms with van der Waals surface area (Å²) in [5, 5.41) is 2.77. The molecule has 1 amide bonds. The lowest BCUT2D eigenvalue weighted by molar-refractivity contribution is -0.0209. The average molecular weight is 566 g/mol. The number of anilines is 1. The van der Waals surface area contributed by atoms with Crippen molar-refractivity contribution in [3.63, 3.8) is 0 Å². The molecular formula is C32H28FN5O4. The highest BCUT2D eigenvalue weighted by molar-refractivity contribution is 6.06. The maximum Gasteiger partial charge on any atom is 0.338 e. The van der Waals surface area contributed by atoms with Crippen molar-refractivity contribution < 1.29 is 23.5 Å². The predicted octanol–water partition coefficient (Wildman–Crippen LogP) is 5.42. The summed E-state index contributed by atoms with van der Waals surface area (Å²) in [6.07, 6.45) is 0.506. The van der Waals surface area contributed by atoms with Crippen LogP contribution in [0.4, 0.5) is 10.2 Å². The van der Waals surface area contributed by atoms with Gasteiger partial charge in [0.15, 0.2) is 23.2 Å². The summed E-state index contributed by atoms with van der Waals surface area (Å²) >= 11 is 0. The minimum atomic E-state index is -1.56. The Balaban J connectivity index is 1.24. The molecule has 0 aliphatic heterocycles. The first-order valence-corrected chi connectivity index (χ1v) is 13.6. The topological polar surface area (TPSA) is 108 Å². The first-order valence-electron chi connectivity index (χ1n) is 13.6. The summed E-state index contributed by atoms with van der Waals surface area (Å²) in [6, 6.07) is 26.2. The van der Waals surface area contributed by atoms with E-state index in [1.165, 1.54) is 12.7 Å². The van der Waals surface area contributed by atoms with Gasteiger partial charge in [-0.25, -0.2) is 24.1 Å². The van der Waals surface area contributed by atoms with E-state index >= 15 is 4.39 Å². The molecule has 10 heteroatoms. The maximum absolute atomic E-state index is 16.3. The van der Waals surface area contributed by atoms with Gasteiger partial charge < -0.3 is 19.4 Å². The molecule has 42 heavy (non-hydrogen) atoms. The molecule has 3 aromatic carbocycles. The van der Waals surface area contributed by atoms with Crippen LogP contribution in [0.25, 0.3) is 11.2 Å². The number of hydrogen-bond donors (Lipinski definition) is 1. The Morgan fingerprint density at radius 2 is 1.55 bits per heavy atom. The quantitative estimate of drug-likeness (QED) is 0.238. The Hall–Kier alpha value is -4.96. The zero-order chi connectivity index (χ0) is 28.9. The van der Waals surface area contributed by atoms with Crippen molar-refractivity contribution in [3.8, 4) is 0 Å². The second-order valence-electron chi connectivity index (χ2n) is 10.1. The van der Waals surface area contributed by atoms with E-state index in [9.17, 15) is 9.59 Å². The van der Waals surface area contributed by atoms with Crippen LogP contribution in [-0.4, -0.2) is 50.3 Å². The molecule has 0 radical (unpaired) electrons. The second kappa shape index (κ2) is 12.3. The third kappa shape index (κ3) is 5.75. The molecule has 4 atom stereocenters. The van der Waals surface area contributed by atoms with Gasteiger partial charge in [0.1, 0.15) is 12.4 Å². The average Bonchev–Trinajstić information content (AvgIpc) is 3.60. The van der Waals surface area contributed by atoms with Gasteiger partial charge in [0.25, 0.3) is 5.91 Å². The van der Waals surface area contributed by atoms with Crippen molar-refractivity contribution in [1.82, 2.24) is 19.5 Å². The molecule has 1 aliphatic carbocycles. The van der Waals surface area contributed by atoms with E-state index in [4.69, 9.17) is 9.47 Å². The summed E-state index contributed by atoms with van der Waals surface area (Å²) in [4.78, 5) is 38.7. The number of carbonyl (C=O) groups excluding carboxylic acids is 2. The van der Waals surface area contributed by atoms with Crippen LogP contribution in [0, 0.1) is 5.92 Å². The van der Waals surface area contributed by atoms with E-state index in [0.717, 1.165) is 5.56 Å². The summed E-state index contributed by atoms with van der Waals surface area (Å²) in [5.74, 6) is -1.15. The predicted molar refractivity (Wildman–Crippen MR) is 154 cm³/mol. The fourth-order valence-corrected chi connectivity index (χ4v) is 5.27. The molecule has 0 saturated heterocycles. The van der Waals surface area contributed by atoms with Crippen LogP contribution in [0.15, 0.2) is 104 Å². The van der Waals surface area contributed by atoms with Crippen LogP contribution >= 0.6 is 0 Å².